The van der Waals surface area contributed by atoms with E-state index in [1.54, 1.807) is 0 Å². The second-order valence-corrected chi connectivity index (χ2v) is 9.87. The van der Waals surface area contributed by atoms with Gasteiger partial charge in [0.1, 0.15) is 12.4 Å². The molecule has 3 N–H and O–H groups in total. The highest BCUT2D eigenvalue weighted by Gasteiger charge is 2.17. The molecule has 0 radical (unpaired) electrons. The van der Waals surface area contributed by atoms with E-state index in [0.29, 0.717) is 24.4 Å². The zero-order valence-corrected chi connectivity index (χ0v) is 22.6. The van der Waals surface area contributed by atoms with Crippen LogP contribution in [0.3, 0.4) is 0 Å². The molecule has 5 rings (SSSR count). The molecule has 194 valence electrons. The summed E-state index contributed by atoms with van der Waals surface area (Å²) >= 11 is 12.1. The number of hydrogen-bond donors (Lipinski definition) is 3. The van der Waals surface area contributed by atoms with Crippen molar-refractivity contribution in [3.63, 3.8) is 0 Å². The van der Waals surface area contributed by atoms with Gasteiger partial charge in [-0.25, -0.2) is 0 Å². The third-order valence-electron chi connectivity index (χ3n) is 6.80. The SMILES string of the molecule is Cc1c(CCO)n(CC#N)c2ccc(Cl)cc12.Cc1c(CCO)n(CC2=NCCN2)c2ccc(Cl)cc12. The largest absolute Gasteiger partial charge is 0.396 e. The zero-order chi connectivity index (χ0) is 26.5. The number of aliphatic imine (C=N–C) groups is 1. The van der Waals surface area contributed by atoms with Gasteiger partial charge in [0.2, 0.25) is 0 Å². The Labute approximate surface area is 226 Å². The topological polar surface area (TPSA) is 98.5 Å². The van der Waals surface area contributed by atoms with E-state index in [1.807, 2.05) is 47.9 Å². The molecule has 4 aromatic rings. The first kappa shape index (κ1) is 27.0. The van der Waals surface area contributed by atoms with Gasteiger partial charge < -0.3 is 24.7 Å². The number of nitrogens with zero attached hydrogens (tertiary/aromatic N) is 4. The minimum atomic E-state index is 0.0797. The molecule has 9 heteroatoms. The van der Waals surface area contributed by atoms with Crippen molar-refractivity contribution in [3.05, 3.63) is 69.0 Å². The molecule has 2 aromatic carbocycles. The molecule has 0 aliphatic carbocycles. The number of fused-ring (bicyclic) bond motifs is 2. The first-order valence-electron chi connectivity index (χ1n) is 12.3. The summed E-state index contributed by atoms with van der Waals surface area (Å²) in [5, 5.41) is 34.2. The quantitative estimate of drug-likeness (QED) is 0.314. The van der Waals surface area contributed by atoms with Crippen molar-refractivity contribution in [2.24, 2.45) is 4.99 Å². The number of nitriles is 1. The maximum atomic E-state index is 9.32. The van der Waals surface area contributed by atoms with Gasteiger partial charge in [-0.2, -0.15) is 5.26 Å². The van der Waals surface area contributed by atoms with Crippen LogP contribution in [0.4, 0.5) is 0 Å². The number of aliphatic hydroxyl groups excluding tert-OH is 2. The Balaban J connectivity index is 0.000000176. The van der Waals surface area contributed by atoms with Crippen molar-refractivity contribution in [2.45, 2.75) is 39.8 Å². The lowest BCUT2D eigenvalue weighted by atomic mass is 10.1. The number of benzene rings is 2. The number of rotatable bonds is 7. The second-order valence-electron chi connectivity index (χ2n) is 9.00. The first-order chi connectivity index (χ1) is 17.9. The molecule has 0 bridgehead atoms. The standard InChI is InChI=1S/C15H18ClN3O.C13H13ClN2O/c1-10-12-8-11(16)2-3-14(12)19(13(10)4-7-20)9-15-17-5-6-18-15;1-9-11-8-10(14)2-3-13(11)16(6-5-15)12(9)4-7-17/h2-3,8,20H,4-7,9H2,1H3,(H,17,18);2-3,8,17H,4,6-7H2,1H3. The highest BCUT2D eigenvalue weighted by molar-refractivity contribution is 6.31. The predicted molar refractivity (Wildman–Crippen MR) is 151 cm³/mol. The Morgan fingerprint density at radius 3 is 1.95 bits per heavy atom. The maximum absolute atomic E-state index is 9.32. The summed E-state index contributed by atoms with van der Waals surface area (Å²) < 4.78 is 4.17. The molecule has 0 saturated carbocycles. The maximum Gasteiger partial charge on any atom is 0.117 e. The number of aryl methyl sites for hydroxylation is 2. The number of amidine groups is 1. The van der Waals surface area contributed by atoms with Gasteiger partial charge in [-0.15, -0.1) is 0 Å². The van der Waals surface area contributed by atoms with E-state index in [9.17, 15) is 5.11 Å². The van der Waals surface area contributed by atoms with Crippen LogP contribution in [0.5, 0.6) is 0 Å². The van der Waals surface area contributed by atoms with Gasteiger partial charge in [0, 0.05) is 75.8 Å². The minimum Gasteiger partial charge on any atom is -0.396 e. The molecular weight excluding hydrogens is 509 g/mol. The average Bonchev–Trinajstić information content (AvgIpc) is 3.55. The Morgan fingerprint density at radius 1 is 0.919 bits per heavy atom. The number of halogens is 2. The number of aromatic nitrogens is 2. The van der Waals surface area contributed by atoms with Gasteiger partial charge in [0.15, 0.2) is 0 Å². The molecule has 0 fully saturated rings. The lowest BCUT2D eigenvalue weighted by Crippen LogP contribution is -2.24. The highest BCUT2D eigenvalue weighted by Crippen LogP contribution is 2.30. The van der Waals surface area contributed by atoms with Crippen molar-refractivity contribution in [3.8, 4) is 6.07 Å². The molecule has 7 nitrogen and oxygen atoms in total. The summed E-state index contributed by atoms with van der Waals surface area (Å²) in [6.07, 6.45) is 1.20. The van der Waals surface area contributed by atoms with Crippen LogP contribution in [-0.4, -0.2) is 51.5 Å². The summed E-state index contributed by atoms with van der Waals surface area (Å²) in [7, 11) is 0. The lowest BCUT2D eigenvalue weighted by Gasteiger charge is -2.11. The number of hydrogen-bond acceptors (Lipinski definition) is 5. The van der Waals surface area contributed by atoms with Crippen LogP contribution >= 0.6 is 23.2 Å². The number of nitrogens with one attached hydrogen (secondary N) is 1. The van der Waals surface area contributed by atoms with Gasteiger partial charge >= 0.3 is 0 Å². The van der Waals surface area contributed by atoms with Crippen LogP contribution in [0, 0.1) is 25.2 Å². The van der Waals surface area contributed by atoms with Crippen LogP contribution in [0.1, 0.15) is 22.5 Å². The first-order valence-corrected chi connectivity index (χ1v) is 13.1. The number of aliphatic hydroxyl groups is 2. The van der Waals surface area contributed by atoms with Crippen molar-refractivity contribution in [2.75, 3.05) is 26.3 Å². The van der Waals surface area contributed by atoms with Crippen LogP contribution in [-0.2, 0) is 25.9 Å². The molecule has 0 spiro atoms. The molecule has 0 unspecified atom stereocenters. The summed E-state index contributed by atoms with van der Waals surface area (Å²) in [6, 6.07) is 13.7. The second kappa shape index (κ2) is 12.0. The molecule has 3 heterocycles. The monoisotopic (exact) mass is 539 g/mol. The van der Waals surface area contributed by atoms with E-state index in [-0.39, 0.29) is 13.2 Å². The van der Waals surface area contributed by atoms with Crippen molar-refractivity contribution in [1.29, 1.82) is 5.26 Å². The van der Waals surface area contributed by atoms with Crippen LogP contribution < -0.4 is 5.32 Å². The van der Waals surface area contributed by atoms with E-state index >= 15 is 0 Å². The third-order valence-corrected chi connectivity index (χ3v) is 7.27. The fourth-order valence-corrected chi connectivity index (χ4v) is 5.43. The third kappa shape index (κ3) is 5.63. The molecule has 2 aromatic heterocycles. The normalized spacial score (nSPS) is 12.8. The van der Waals surface area contributed by atoms with Crippen molar-refractivity contribution < 1.29 is 10.2 Å². The van der Waals surface area contributed by atoms with E-state index in [4.69, 9.17) is 33.6 Å². The van der Waals surface area contributed by atoms with Gasteiger partial charge in [-0.05, 0) is 61.4 Å². The zero-order valence-electron chi connectivity index (χ0n) is 21.1. The van der Waals surface area contributed by atoms with Gasteiger partial charge in [-0.3, -0.25) is 4.99 Å². The summed E-state index contributed by atoms with van der Waals surface area (Å²) in [5.41, 5.74) is 6.58. The summed E-state index contributed by atoms with van der Waals surface area (Å²) in [5.74, 6) is 1.01. The van der Waals surface area contributed by atoms with Crippen LogP contribution in [0.15, 0.2) is 41.4 Å². The Kier molecular flexibility index (Phi) is 8.78. The minimum absolute atomic E-state index is 0.0797. The van der Waals surface area contributed by atoms with Crippen LogP contribution in [0.2, 0.25) is 10.0 Å². The smallest absolute Gasteiger partial charge is 0.117 e. The molecule has 37 heavy (non-hydrogen) atoms. The summed E-state index contributed by atoms with van der Waals surface area (Å²) in [6.45, 7) is 7.08. The van der Waals surface area contributed by atoms with Gasteiger partial charge in [-0.1, -0.05) is 23.2 Å². The fourth-order valence-electron chi connectivity index (χ4n) is 5.09. The molecule has 0 atom stereocenters. The van der Waals surface area contributed by atoms with E-state index in [0.717, 1.165) is 69.2 Å². The Hall–Kier alpha value is -3.02. The van der Waals surface area contributed by atoms with Crippen molar-refractivity contribution in [1.82, 2.24) is 14.5 Å². The van der Waals surface area contributed by atoms with Gasteiger partial charge in [0.25, 0.3) is 0 Å². The lowest BCUT2D eigenvalue weighted by molar-refractivity contribution is 0.296. The highest BCUT2D eigenvalue weighted by atomic mass is 35.5. The Morgan fingerprint density at radius 2 is 1.46 bits per heavy atom. The fraction of sp³-hybridized carbons (Fsp3) is 0.357. The Bertz CT molecular complexity index is 1500. The van der Waals surface area contributed by atoms with E-state index < -0.39 is 0 Å². The molecule has 0 saturated heterocycles. The summed E-state index contributed by atoms with van der Waals surface area (Å²) in [4.78, 5) is 4.46. The molecule has 1 aliphatic rings. The molecule has 0 amide bonds. The molecular formula is C28H31Cl2N5O2. The van der Waals surface area contributed by atoms with Crippen molar-refractivity contribution >= 4 is 50.8 Å². The molecule has 1 aliphatic heterocycles. The predicted octanol–water partition coefficient (Wildman–Crippen LogP) is 4.80. The van der Waals surface area contributed by atoms with Gasteiger partial charge in [0.05, 0.1) is 19.2 Å². The van der Waals surface area contributed by atoms with Crippen LogP contribution in [0.25, 0.3) is 21.8 Å². The van der Waals surface area contributed by atoms with E-state index in [2.05, 4.69) is 27.9 Å². The van der Waals surface area contributed by atoms with E-state index in [1.165, 1.54) is 5.56 Å². The average molecular weight is 540 g/mol.